The number of ether oxygens (including phenoxy) is 2. The zero-order valence-corrected chi connectivity index (χ0v) is 21.2. The Bertz CT molecular complexity index is 1050. The van der Waals surface area contributed by atoms with Crippen molar-refractivity contribution in [2.24, 2.45) is 10.8 Å². The van der Waals surface area contributed by atoms with Crippen molar-refractivity contribution >= 4 is 11.6 Å². The fourth-order valence-corrected chi connectivity index (χ4v) is 6.43. The SMILES string of the molecule is COc1cc(C)c2c(c1)C(=O)C[C@@](C)(CC1=C(CC(C)(C)O)C(=O)[C@]3(C)CCC[C@]3(C)C1)O2. The van der Waals surface area contributed by atoms with Gasteiger partial charge in [-0.3, -0.25) is 9.59 Å². The van der Waals surface area contributed by atoms with E-state index in [0.29, 0.717) is 29.9 Å². The molecule has 0 unspecified atom stereocenters. The molecule has 3 atom stereocenters. The van der Waals surface area contributed by atoms with Gasteiger partial charge in [-0.1, -0.05) is 25.8 Å². The summed E-state index contributed by atoms with van der Waals surface area (Å²) >= 11 is 0. The van der Waals surface area contributed by atoms with Crippen molar-refractivity contribution in [3.05, 3.63) is 34.4 Å². The number of benzene rings is 1. The van der Waals surface area contributed by atoms with E-state index in [-0.39, 0.29) is 28.8 Å². The van der Waals surface area contributed by atoms with E-state index in [1.54, 1.807) is 27.0 Å². The molecular weight excluding hydrogens is 416 g/mol. The number of carbonyl (C=O) groups excluding carboxylic acids is 2. The second-order valence-electron chi connectivity index (χ2n) is 12.0. The zero-order chi connectivity index (χ0) is 24.4. The van der Waals surface area contributed by atoms with Gasteiger partial charge in [0.2, 0.25) is 0 Å². The molecule has 1 heterocycles. The molecule has 0 amide bonds. The number of hydrogen-bond acceptors (Lipinski definition) is 5. The highest BCUT2D eigenvalue weighted by atomic mass is 16.5. The van der Waals surface area contributed by atoms with Crippen molar-refractivity contribution in [1.29, 1.82) is 0 Å². The average Bonchev–Trinajstić information content (AvgIpc) is 3.00. The van der Waals surface area contributed by atoms with Crippen LogP contribution in [0.1, 0.15) is 95.5 Å². The zero-order valence-electron chi connectivity index (χ0n) is 21.2. The summed E-state index contributed by atoms with van der Waals surface area (Å²) in [4.78, 5) is 27.0. The molecule has 0 saturated heterocycles. The molecule has 5 heteroatoms. The molecule has 0 radical (unpaired) electrons. The van der Waals surface area contributed by atoms with Crippen molar-refractivity contribution in [3.63, 3.8) is 0 Å². The quantitative estimate of drug-likeness (QED) is 0.614. The smallest absolute Gasteiger partial charge is 0.170 e. The number of methoxy groups -OCH3 is 1. The summed E-state index contributed by atoms with van der Waals surface area (Å²) in [5, 5.41) is 10.6. The van der Waals surface area contributed by atoms with Crippen LogP contribution in [0.15, 0.2) is 23.3 Å². The largest absolute Gasteiger partial charge is 0.497 e. The maximum atomic E-state index is 13.9. The lowest BCUT2D eigenvalue weighted by Gasteiger charge is -2.48. The summed E-state index contributed by atoms with van der Waals surface area (Å²) in [6.45, 7) is 11.8. The second-order valence-corrected chi connectivity index (χ2v) is 12.0. The molecule has 0 aromatic heterocycles. The molecule has 5 nitrogen and oxygen atoms in total. The van der Waals surface area contributed by atoms with Crippen LogP contribution in [0.25, 0.3) is 0 Å². The third-order valence-electron chi connectivity index (χ3n) is 8.41. The number of aryl methyl sites for hydroxylation is 1. The van der Waals surface area contributed by atoms with E-state index in [0.717, 1.165) is 42.4 Å². The van der Waals surface area contributed by atoms with Crippen LogP contribution >= 0.6 is 0 Å². The lowest BCUT2D eigenvalue weighted by molar-refractivity contribution is -0.131. The summed E-state index contributed by atoms with van der Waals surface area (Å²) in [6.07, 6.45) is 4.84. The first-order valence-electron chi connectivity index (χ1n) is 12.1. The highest BCUT2D eigenvalue weighted by Gasteiger charge is 2.57. The summed E-state index contributed by atoms with van der Waals surface area (Å²) in [5.41, 5.74) is 1.01. The Balaban J connectivity index is 1.74. The fourth-order valence-electron chi connectivity index (χ4n) is 6.43. The Morgan fingerprint density at radius 3 is 2.45 bits per heavy atom. The molecular formula is C28H38O5. The van der Waals surface area contributed by atoms with E-state index < -0.39 is 11.2 Å². The summed E-state index contributed by atoms with van der Waals surface area (Å²) in [7, 11) is 1.59. The Labute approximate surface area is 197 Å². The minimum absolute atomic E-state index is 0.0319. The van der Waals surface area contributed by atoms with Crippen LogP contribution in [-0.2, 0) is 4.79 Å². The highest BCUT2D eigenvalue weighted by Crippen LogP contribution is 2.61. The second kappa shape index (κ2) is 7.69. The van der Waals surface area contributed by atoms with Crippen LogP contribution in [0.4, 0.5) is 0 Å². The highest BCUT2D eigenvalue weighted by molar-refractivity contribution is 6.03. The standard InChI is InChI=1S/C28H38O5/c1-17-11-19(32-7)12-20-22(29)16-27(5,33-23(17)20)14-18-13-26(4)9-8-10-28(26,6)24(30)21(18)15-25(2,3)31/h11-12,31H,8-10,13-16H2,1-7H3/t26-,27-,28+/m1/s1. The maximum Gasteiger partial charge on any atom is 0.170 e. The Morgan fingerprint density at radius 1 is 1.12 bits per heavy atom. The van der Waals surface area contributed by atoms with Gasteiger partial charge in [-0.2, -0.15) is 0 Å². The number of ketones is 2. The van der Waals surface area contributed by atoms with Gasteiger partial charge in [0.25, 0.3) is 0 Å². The number of aliphatic hydroxyl groups is 1. The molecule has 1 aromatic carbocycles. The van der Waals surface area contributed by atoms with Crippen LogP contribution in [0.2, 0.25) is 0 Å². The van der Waals surface area contributed by atoms with Gasteiger partial charge in [-0.15, -0.1) is 0 Å². The van der Waals surface area contributed by atoms with Crippen LogP contribution in [0, 0.1) is 17.8 Å². The van der Waals surface area contributed by atoms with E-state index in [2.05, 4.69) is 13.8 Å². The molecule has 1 aliphatic heterocycles. The van der Waals surface area contributed by atoms with Gasteiger partial charge < -0.3 is 14.6 Å². The van der Waals surface area contributed by atoms with E-state index in [4.69, 9.17) is 9.47 Å². The molecule has 2 aliphatic carbocycles. The van der Waals surface area contributed by atoms with Crippen molar-refractivity contribution < 1.29 is 24.2 Å². The molecule has 4 rings (SSSR count). The molecule has 0 spiro atoms. The lowest BCUT2D eigenvalue weighted by atomic mass is 9.56. The number of hydrogen-bond donors (Lipinski definition) is 1. The molecule has 1 aromatic rings. The molecule has 1 saturated carbocycles. The van der Waals surface area contributed by atoms with Crippen LogP contribution in [-0.4, -0.2) is 35.0 Å². The van der Waals surface area contributed by atoms with Gasteiger partial charge in [0.15, 0.2) is 11.6 Å². The van der Waals surface area contributed by atoms with E-state index in [1.807, 2.05) is 19.9 Å². The molecule has 180 valence electrons. The minimum Gasteiger partial charge on any atom is -0.497 e. The first-order valence-corrected chi connectivity index (χ1v) is 12.1. The minimum atomic E-state index is -0.983. The number of fused-ring (bicyclic) bond motifs is 2. The van der Waals surface area contributed by atoms with Gasteiger partial charge >= 0.3 is 0 Å². The van der Waals surface area contributed by atoms with Gasteiger partial charge in [0.1, 0.15) is 17.1 Å². The predicted octanol–water partition coefficient (Wildman–Crippen LogP) is 5.74. The summed E-state index contributed by atoms with van der Waals surface area (Å²) in [6, 6.07) is 3.63. The Kier molecular flexibility index (Phi) is 5.59. The number of Topliss-reactive ketones (excluding diaryl/α,β-unsaturated/α-hetero) is 2. The third kappa shape index (κ3) is 4.03. The molecule has 3 aliphatic rings. The number of rotatable bonds is 5. The normalized spacial score (nSPS) is 31.9. The van der Waals surface area contributed by atoms with Crippen LogP contribution in [0.3, 0.4) is 0 Å². The lowest BCUT2D eigenvalue weighted by Crippen LogP contribution is -2.47. The van der Waals surface area contributed by atoms with Crippen LogP contribution < -0.4 is 9.47 Å². The monoisotopic (exact) mass is 454 g/mol. The summed E-state index contributed by atoms with van der Waals surface area (Å²) in [5.74, 6) is 1.47. The van der Waals surface area contributed by atoms with Crippen molar-refractivity contribution in [2.45, 2.75) is 97.7 Å². The first-order chi connectivity index (χ1) is 15.2. The van der Waals surface area contributed by atoms with E-state index >= 15 is 0 Å². The number of carbonyl (C=O) groups is 2. The Hall–Kier alpha value is -2.14. The molecule has 1 fully saturated rings. The summed E-state index contributed by atoms with van der Waals surface area (Å²) < 4.78 is 11.9. The first kappa shape index (κ1) is 24.0. The van der Waals surface area contributed by atoms with Gasteiger partial charge in [0.05, 0.1) is 24.7 Å². The third-order valence-corrected chi connectivity index (χ3v) is 8.41. The van der Waals surface area contributed by atoms with Crippen molar-refractivity contribution in [1.82, 2.24) is 0 Å². The average molecular weight is 455 g/mol. The van der Waals surface area contributed by atoms with Gasteiger partial charge in [0, 0.05) is 18.3 Å². The van der Waals surface area contributed by atoms with Gasteiger partial charge in [-0.25, -0.2) is 0 Å². The maximum absolute atomic E-state index is 13.9. The molecule has 33 heavy (non-hydrogen) atoms. The predicted molar refractivity (Wildman–Crippen MR) is 128 cm³/mol. The topological polar surface area (TPSA) is 72.8 Å². The molecule has 0 bridgehead atoms. The molecule has 1 N–H and O–H groups in total. The van der Waals surface area contributed by atoms with Crippen molar-refractivity contribution in [3.8, 4) is 11.5 Å². The van der Waals surface area contributed by atoms with E-state index in [1.165, 1.54) is 0 Å². The van der Waals surface area contributed by atoms with Crippen molar-refractivity contribution in [2.75, 3.05) is 7.11 Å². The Morgan fingerprint density at radius 2 is 1.82 bits per heavy atom. The van der Waals surface area contributed by atoms with Gasteiger partial charge in [-0.05, 0) is 75.6 Å². The fraction of sp³-hybridized carbons (Fsp3) is 0.643. The van der Waals surface area contributed by atoms with E-state index in [9.17, 15) is 14.7 Å². The van der Waals surface area contributed by atoms with Crippen LogP contribution in [0.5, 0.6) is 11.5 Å².